The van der Waals surface area contributed by atoms with Gasteiger partial charge < -0.3 is 9.15 Å². The molecule has 23 heavy (non-hydrogen) atoms. The molecule has 0 aliphatic heterocycles. The first kappa shape index (κ1) is 15.6. The highest BCUT2D eigenvalue weighted by Gasteiger charge is 2.13. The average molecular weight is 329 g/mol. The van der Waals surface area contributed by atoms with E-state index in [0.29, 0.717) is 32.9 Å². The summed E-state index contributed by atoms with van der Waals surface area (Å²) in [4.78, 5) is 12.8. The minimum Gasteiger partial charge on any atom is -0.491 e. The van der Waals surface area contributed by atoms with Crippen molar-refractivity contribution >= 4 is 22.6 Å². The van der Waals surface area contributed by atoms with Gasteiger partial charge in [-0.15, -0.1) is 0 Å². The normalized spacial score (nSPS) is 11.2. The Labute approximate surface area is 139 Å². The lowest BCUT2D eigenvalue weighted by atomic mass is 10.0. The van der Waals surface area contributed by atoms with Gasteiger partial charge in [0.25, 0.3) is 0 Å². The Morgan fingerprint density at radius 1 is 1.09 bits per heavy atom. The average Bonchev–Trinajstić information content (AvgIpc) is 2.50. The zero-order chi connectivity index (χ0) is 16.6. The van der Waals surface area contributed by atoms with Crippen LogP contribution in [0.5, 0.6) is 5.75 Å². The number of fused-ring (bicyclic) bond motifs is 1. The van der Waals surface area contributed by atoms with Crippen LogP contribution in [0.1, 0.15) is 19.4 Å². The van der Waals surface area contributed by atoms with E-state index in [1.165, 1.54) is 6.26 Å². The molecule has 0 saturated heterocycles. The third-order valence-electron chi connectivity index (χ3n) is 3.53. The van der Waals surface area contributed by atoms with Gasteiger partial charge in [0, 0.05) is 16.7 Å². The summed E-state index contributed by atoms with van der Waals surface area (Å²) in [5.74, 6) is 0.678. The predicted molar refractivity (Wildman–Crippen MR) is 93.4 cm³/mol. The minimum absolute atomic E-state index is 0.0598. The van der Waals surface area contributed by atoms with Crippen LogP contribution in [0.25, 0.3) is 22.1 Å². The second-order valence-corrected chi connectivity index (χ2v) is 6.19. The van der Waals surface area contributed by atoms with Crippen molar-refractivity contribution in [1.82, 2.24) is 0 Å². The van der Waals surface area contributed by atoms with E-state index in [1.807, 2.05) is 32.9 Å². The van der Waals surface area contributed by atoms with E-state index in [1.54, 1.807) is 24.3 Å². The van der Waals surface area contributed by atoms with Crippen molar-refractivity contribution in [1.29, 1.82) is 0 Å². The Morgan fingerprint density at radius 3 is 2.61 bits per heavy atom. The third kappa shape index (κ3) is 3.10. The van der Waals surface area contributed by atoms with E-state index in [2.05, 4.69) is 0 Å². The molecule has 0 amide bonds. The molecule has 0 atom stereocenters. The van der Waals surface area contributed by atoms with E-state index in [0.717, 1.165) is 5.56 Å². The standard InChI is InChI=1S/C19H17ClO3/c1-11(2)23-13-5-6-14-18(9-13)22-10-16(19(14)21)15-8-12(3)4-7-17(15)20/h4-11H,1-3H3. The number of halogens is 1. The van der Waals surface area contributed by atoms with Crippen LogP contribution in [-0.2, 0) is 0 Å². The molecule has 0 radical (unpaired) electrons. The van der Waals surface area contributed by atoms with Gasteiger partial charge in [-0.2, -0.15) is 0 Å². The zero-order valence-electron chi connectivity index (χ0n) is 13.2. The van der Waals surface area contributed by atoms with Gasteiger partial charge in [-0.25, -0.2) is 0 Å². The molecule has 3 nitrogen and oxygen atoms in total. The first-order valence-electron chi connectivity index (χ1n) is 7.44. The van der Waals surface area contributed by atoms with E-state index >= 15 is 0 Å². The first-order valence-corrected chi connectivity index (χ1v) is 7.82. The monoisotopic (exact) mass is 328 g/mol. The number of benzene rings is 2. The molecule has 0 saturated carbocycles. The van der Waals surface area contributed by atoms with E-state index in [9.17, 15) is 4.79 Å². The number of rotatable bonds is 3. The predicted octanol–water partition coefficient (Wildman–Crippen LogP) is 5.21. The van der Waals surface area contributed by atoms with Gasteiger partial charge in [0.05, 0.1) is 17.1 Å². The van der Waals surface area contributed by atoms with E-state index in [4.69, 9.17) is 20.8 Å². The molecule has 3 rings (SSSR count). The van der Waals surface area contributed by atoms with Gasteiger partial charge in [-0.1, -0.05) is 23.2 Å². The quantitative estimate of drug-likeness (QED) is 0.662. The summed E-state index contributed by atoms with van der Waals surface area (Å²) in [6.45, 7) is 5.85. The Morgan fingerprint density at radius 2 is 1.87 bits per heavy atom. The summed E-state index contributed by atoms with van der Waals surface area (Å²) in [6, 6.07) is 10.8. The second kappa shape index (κ2) is 6.09. The van der Waals surface area contributed by atoms with Crippen molar-refractivity contribution in [2.75, 3.05) is 0 Å². The van der Waals surface area contributed by atoms with Gasteiger partial charge in [-0.3, -0.25) is 4.79 Å². The molecule has 1 heterocycles. The first-order chi connectivity index (χ1) is 11.0. The summed E-state index contributed by atoms with van der Waals surface area (Å²) >= 11 is 6.24. The SMILES string of the molecule is Cc1ccc(Cl)c(-c2coc3cc(OC(C)C)ccc3c2=O)c1. The molecule has 0 N–H and O–H groups in total. The third-order valence-corrected chi connectivity index (χ3v) is 3.86. The van der Waals surface area contributed by atoms with Gasteiger partial charge in [-0.05, 0) is 45.0 Å². The van der Waals surface area contributed by atoms with Gasteiger partial charge in [0.15, 0.2) is 0 Å². The maximum Gasteiger partial charge on any atom is 0.200 e. The molecule has 0 bridgehead atoms. The van der Waals surface area contributed by atoms with Gasteiger partial charge in [0.2, 0.25) is 5.43 Å². The molecule has 0 spiro atoms. The fourth-order valence-corrected chi connectivity index (χ4v) is 2.70. The number of hydrogen-bond acceptors (Lipinski definition) is 3. The van der Waals surface area contributed by atoms with Crippen LogP contribution in [0, 0.1) is 6.92 Å². The lowest BCUT2D eigenvalue weighted by Gasteiger charge is -2.10. The topological polar surface area (TPSA) is 39.4 Å². The molecule has 0 aliphatic carbocycles. The van der Waals surface area contributed by atoms with Gasteiger partial charge in [0.1, 0.15) is 17.6 Å². The zero-order valence-corrected chi connectivity index (χ0v) is 14.0. The number of ether oxygens (including phenoxy) is 1. The van der Waals surface area contributed by atoms with Crippen LogP contribution >= 0.6 is 11.6 Å². The van der Waals surface area contributed by atoms with Crippen molar-refractivity contribution < 1.29 is 9.15 Å². The highest BCUT2D eigenvalue weighted by Crippen LogP contribution is 2.29. The summed E-state index contributed by atoms with van der Waals surface area (Å²) in [7, 11) is 0. The minimum atomic E-state index is -0.102. The fourth-order valence-electron chi connectivity index (χ4n) is 2.49. The Balaban J connectivity index is 2.16. The number of aryl methyl sites for hydroxylation is 1. The van der Waals surface area contributed by atoms with Crippen LogP contribution in [0.15, 0.2) is 51.9 Å². The van der Waals surface area contributed by atoms with Crippen LogP contribution in [0.2, 0.25) is 5.02 Å². The van der Waals surface area contributed by atoms with Crippen LogP contribution in [-0.4, -0.2) is 6.10 Å². The molecule has 1 aromatic heterocycles. The van der Waals surface area contributed by atoms with Crippen molar-refractivity contribution in [3.8, 4) is 16.9 Å². The fraction of sp³-hybridized carbons (Fsp3) is 0.211. The highest BCUT2D eigenvalue weighted by molar-refractivity contribution is 6.33. The molecule has 3 aromatic rings. The molecule has 0 aliphatic rings. The second-order valence-electron chi connectivity index (χ2n) is 5.79. The largest absolute Gasteiger partial charge is 0.491 e. The smallest absolute Gasteiger partial charge is 0.200 e. The maximum absolute atomic E-state index is 12.8. The molecular weight excluding hydrogens is 312 g/mol. The molecule has 118 valence electrons. The van der Waals surface area contributed by atoms with Crippen LogP contribution in [0.4, 0.5) is 0 Å². The molecule has 4 heteroatoms. The molecule has 0 fully saturated rings. The summed E-state index contributed by atoms with van der Waals surface area (Å²) in [6.07, 6.45) is 1.52. The lowest BCUT2D eigenvalue weighted by Crippen LogP contribution is -2.07. The van der Waals surface area contributed by atoms with Gasteiger partial charge >= 0.3 is 0 Å². The van der Waals surface area contributed by atoms with E-state index < -0.39 is 0 Å². The summed E-state index contributed by atoms with van der Waals surface area (Å²) < 4.78 is 11.3. The molecule has 2 aromatic carbocycles. The van der Waals surface area contributed by atoms with Crippen LogP contribution < -0.4 is 10.2 Å². The molecule has 0 unspecified atom stereocenters. The van der Waals surface area contributed by atoms with E-state index in [-0.39, 0.29) is 11.5 Å². The summed E-state index contributed by atoms with van der Waals surface area (Å²) in [5.41, 5.74) is 2.58. The number of hydrogen-bond donors (Lipinski definition) is 0. The Kier molecular flexibility index (Phi) is 4.14. The lowest BCUT2D eigenvalue weighted by molar-refractivity contribution is 0.242. The molecular formula is C19H17ClO3. The van der Waals surface area contributed by atoms with Crippen molar-refractivity contribution in [3.05, 3.63) is 63.5 Å². The van der Waals surface area contributed by atoms with Crippen molar-refractivity contribution in [3.63, 3.8) is 0 Å². The van der Waals surface area contributed by atoms with Crippen molar-refractivity contribution in [2.24, 2.45) is 0 Å². The Bertz CT molecular complexity index is 926. The maximum atomic E-state index is 12.8. The van der Waals surface area contributed by atoms with Crippen LogP contribution in [0.3, 0.4) is 0 Å². The Hall–Kier alpha value is -2.26. The highest BCUT2D eigenvalue weighted by atomic mass is 35.5. The summed E-state index contributed by atoms with van der Waals surface area (Å²) in [5, 5.41) is 1.04. The van der Waals surface area contributed by atoms with Crippen molar-refractivity contribution in [2.45, 2.75) is 26.9 Å².